The average Bonchev–Trinajstić information content (AvgIpc) is 2.37. The SMILES string of the molecule is C=C/C=C(\C=C)C(C)(C)C(I)C(C)(C)/C=C/C.CC. The largest absolute Gasteiger partial charge is 0.0991 e. The highest BCUT2D eigenvalue weighted by atomic mass is 127. The van der Waals surface area contributed by atoms with Crippen LogP contribution in [-0.2, 0) is 0 Å². The minimum Gasteiger partial charge on any atom is -0.0991 e. The lowest BCUT2D eigenvalue weighted by Gasteiger charge is -2.40. The summed E-state index contributed by atoms with van der Waals surface area (Å²) in [5.41, 5.74) is 1.46. The molecule has 0 bridgehead atoms. The molecular weight excluding hydrogens is 343 g/mol. The molecule has 0 rings (SSSR count). The van der Waals surface area contributed by atoms with Crippen molar-refractivity contribution in [3.63, 3.8) is 0 Å². The van der Waals surface area contributed by atoms with Gasteiger partial charge < -0.3 is 0 Å². The van der Waals surface area contributed by atoms with Gasteiger partial charge in [-0.2, -0.15) is 0 Å². The summed E-state index contributed by atoms with van der Waals surface area (Å²) in [6, 6.07) is 0. The van der Waals surface area contributed by atoms with E-state index in [0.717, 1.165) is 0 Å². The molecule has 0 saturated heterocycles. The van der Waals surface area contributed by atoms with E-state index in [0.29, 0.717) is 3.92 Å². The van der Waals surface area contributed by atoms with Crippen LogP contribution >= 0.6 is 22.6 Å². The van der Waals surface area contributed by atoms with E-state index in [9.17, 15) is 0 Å². The Labute approximate surface area is 134 Å². The lowest BCUT2D eigenvalue weighted by atomic mass is 9.70. The zero-order valence-electron chi connectivity index (χ0n) is 13.8. The first-order valence-corrected chi connectivity index (χ1v) is 8.22. The Kier molecular flexibility index (Phi) is 10.6. The molecule has 0 aromatic carbocycles. The van der Waals surface area contributed by atoms with Crippen molar-refractivity contribution in [3.8, 4) is 0 Å². The van der Waals surface area contributed by atoms with Gasteiger partial charge in [-0.3, -0.25) is 0 Å². The number of allylic oxidation sites excluding steroid dienone is 6. The van der Waals surface area contributed by atoms with Gasteiger partial charge in [0.25, 0.3) is 0 Å². The molecular formula is C18H31I. The van der Waals surface area contributed by atoms with Crippen molar-refractivity contribution >= 4 is 22.6 Å². The van der Waals surface area contributed by atoms with Crippen LogP contribution in [0.5, 0.6) is 0 Å². The molecule has 1 heteroatoms. The van der Waals surface area contributed by atoms with E-state index in [1.807, 2.05) is 26.0 Å². The first-order valence-electron chi connectivity index (χ1n) is 6.97. The van der Waals surface area contributed by atoms with Crippen LogP contribution in [0.2, 0.25) is 0 Å². The van der Waals surface area contributed by atoms with Crippen molar-refractivity contribution in [1.29, 1.82) is 0 Å². The van der Waals surface area contributed by atoms with E-state index in [1.54, 1.807) is 0 Å². The van der Waals surface area contributed by atoms with Crippen LogP contribution in [0.1, 0.15) is 48.5 Å². The summed E-state index contributed by atoms with van der Waals surface area (Å²) < 4.78 is 0.480. The van der Waals surface area contributed by atoms with Crippen molar-refractivity contribution in [3.05, 3.63) is 49.1 Å². The van der Waals surface area contributed by atoms with Crippen molar-refractivity contribution in [2.75, 3.05) is 0 Å². The fraction of sp³-hybridized carbons (Fsp3) is 0.556. The molecule has 0 nitrogen and oxygen atoms in total. The van der Waals surface area contributed by atoms with E-state index < -0.39 is 0 Å². The molecule has 0 spiro atoms. The lowest BCUT2D eigenvalue weighted by Crippen LogP contribution is -2.36. The van der Waals surface area contributed by atoms with Crippen LogP contribution in [0, 0.1) is 10.8 Å². The van der Waals surface area contributed by atoms with E-state index in [4.69, 9.17) is 0 Å². The number of hydrogen-bond donors (Lipinski definition) is 0. The highest BCUT2D eigenvalue weighted by Crippen LogP contribution is 2.45. The number of hydrogen-bond acceptors (Lipinski definition) is 0. The van der Waals surface area contributed by atoms with Gasteiger partial charge in [-0.05, 0) is 17.9 Å². The van der Waals surface area contributed by atoms with Gasteiger partial charge in [0.05, 0.1) is 0 Å². The molecule has 0 radical (unpaired) electrons. The van der Waals surface area contributed by atoms with E-state index in [1.165, 1.54) is 5.57 Å². The van der Waals surface area contributed by atoms with Gasteiger partial charge in [0, 0.05) is 9.34 Å². The quantitative estimate of drug-likeness (QED) is 0.209. The molecule has 0 fully saturated rings. The molecule has 19 heavy (non-hydrogen) atoms. The zero-order valence-corrected chi connectivity index (χ0v) is 15.9. The third kappa shape index (κ3) is 6.11. The van der Waals surface area contributed by atoms with Crippen molar-refractivity contribution in [1.82, 2.24) is 0 Å². The van der Waals surface area contributed by atoms with Crippen LogP contribution < -0.4 is 0 Å². The van der Waals surface area contributed by atoms with Crippen molar-refractivity contribution in [2.45, 2.75) is 52.4 Å². The fourth-order valence-corrected chi connectivity index (χ4v) is 2.83. The summed E-state index contributed by atoms with van der Waals surface area (Å²) in [6.07, 6.45) is 10.3. The molecule has 110 valence electrons. The Morgan fingerprint density at radius 1 is 1.11 bits per heavy atom. The van der Waals surface area contributed by atoms with Crippen LogP contribution in [0.15, 0.2) is 49.1 Å². The monoisotopic (exact) mass is 374 g/mol. The van der Waals surface area contributed by atoms with Crippen molar-refractivity contribution in [2.24, 2.45) is 10.8 Å². The van der Waals surface area contributed by atoms with Crippen LogP contribution in [0.4, 0.5) is 0 Å². The van der Waals surface area contributed by atoms with Gasteiger partial charge in [0.15, 0.2) is 0 Å². The maximum atomic E-state index is 3.92. The van der Waals surface area contributed by atoms with E-state index in [2.05, 4.69) is 88.6 Å². The molecule has 0 heterocycles. The smallest absolute Gasteiger partial charge is 0.0287 e. The first-order chi connectivity index (χ1) is 8.73. The van der Waals surface area contributed by atoms with E-state index >= 15 is 0 Å². The normalized spacial score (nSPS) is 14.6. The Hall–Kier alpha value is -0.310. The van der Waals surface area contributed by atoms with Crippen LogP contribution in [0.3, 0.4) is 0 Å². The summed E-state index contributed by atoms with van der Waals surface area (Å²) in [7, 11) is 0. The molecule has 0 N–H and O–H groups in total. The van der Waals surface area contributed by atoms with Crippen molar-refractivity contribution < 1.29 is 0 Å². The molecule has 0 aromatic rings. The van der Waals surface area contributed by atoms with Crippen LogP contribution in [0.25, 0.3) is 0 Å². The number of halogens is 1. The van der Waals surface area contributed by atoms with Gasteiger partial charge in [0.2, 0.25) is 0 Å². The van der Waals surface area contributed by atoms with Crippen LogP contribution in [-0.4, -0.2) is 3.92 Å². The minimum atomic E-state index is 0.0690. The van der Waals surface area contributed by atoms with Gasteiger partial charge in [-0.15, -0.1) is 0 Å². The first kappa shape index (κ1) is 21.0. The topological polar surface area (TPSA) is 0 Å². The number of alkyl halides is 1. The second-order valence-electron chi connectivity index (χ2n) is 5.47. The molecule has 1 unspecified atom stereocenters. The second kappa shape index (κ2) is 9.57. The average molecular weight is 374 g/mol. The third-order valence-corrected chi connectivity index (χ3v) is 6.31. The third-order valence-electron chi connectivity index (χ3n) is 3.14. The summed E-state index contributed by atoms with van der Waals surface area (Å²) in [5.74, 6) is 0. The Balaban J connectivity index is 0. The molecule has 0 amide bonds. The highest BCUT2D eigenvalue weighted by Gasteiger charge is 2.38. The van der Waals surface area contributed by atoms with E-state index in [-0.39, 0.29) is 10.8 Å². The maximum absolute atomic E-state index is 3.92. The molecule has 0 aliphatic heterocycles. The molecule has 0 aliphatic carbocycles. The summed E-state index contributed by atoms with van der Waals surface area (Å²) in [5, 5.41) is 0. The Bertz CT molecular complexity index is 330. The second-order valence-corrected chi connectivity index (χ2v) is 6.71. The summed E-state index contributed by atoms with van der Waals surface area (Å²) >= 11 is 2.55. The molecule has 0 saturated carbocycles. The lowest BCUT2D eigenvalue weighted by molar-refractivity contribution is 0.316. The predicted molar refractivity (Wildman–Crippen MR) is 100 cm³/mol. The highest BCUT2D eigenvalue weighted by molar-refractivity contribution is 14.1. The van der Waals surface area contributed by atoms with Gasteiger partial charge in [-0.25, -0.2) is 0 Å². The molecule has 0 aliphatic rings. The van der Waals surface area contributed by atoms with Gasteiger partial charge in [0.1, 0.15) is 0 Å². The summed E-state index contributed by atoms with van der Waals surface area (Å²) in [4.78, 5) is 0. The van der Waals surface area contributed by atoms with Gasteiger partial charge >= 0.3 is 0 Å². The molecule has 1 atom stereocenters. The number of rotatable bonds is 6. The predicted octanol–water partition coefficient (Wildman–Crippen LogP) is 6.74. The fourth-order valence-electron chi connectivity index (χ4n) is 2.26. The summed E-state index contributed by atoms with van der Waals surface area (Å²) in [6.45, 7) is 22.9. The van der Waals surface area contributed by atoms with Gasteiger partial charge in [-0.1, -0.05) is 108 Å². The minimum absolute atomic E-state index is 0.0690. The zero-order chi connectivity index (χ0) is 15.7. The Morgan fingerprint density at radius 2 is 1.58 bits per heavy atom. The maximum Gasteiger partial charge on any atom is 0.0287 e. The molecule has 0 aromatic heterocycles. The standard InChI is InChI=1S/C16H25I.C2H6/c1-8-11-13(10-3)16(6,7)14(17)15(4,5)12-9-2;1-2/h8-12,14H,1,3H2,2,4-7H3;1-2H3/b12-9+,13-11+;. The Morgan fingerprint density at radius 3 is 1.89 bits per heavy atom.